The Labute approximate surface area is 97.6 Å². The Balaban J connectivity index is 2.12. The first-order chi connectivity index (χ1) is 8.18. The first kappa shape index (κ1) is 11.2. The van der Waals surface area contributed by atoms with Crippen molar-refractivity contribution >= 4 is 5.97 Å². The van der Waals surface area contributed by atoms with Crippen LogP contribution >= 0.6 is 0 Å². The molecule has 1 aromatic heterocycles. The van der Waals surface area contributed by atoms with Crippen LogP contribution in [-0.2, 0) is 6.61 Å². The molecule has 0 unspecified atom stereocenters. The molecule has 88 valence electrons. The summed E-state index contributed by atoms with van der Waals surface area (Å²) < 4.78 is 10.3. The maximum atomic E-state index is 11.0. The molecule has 0 radical (unpaired) electrons. The summed E-state index contributed by atoms with van der Waals surface area (Å²) in [6, 6.07) is 9.10. The molecule has 0 fully saturated rings. The molecule has 0 atom stereocenters. The Morgan fingerprint density at radius 2 is 2.12 bits per heavy atom. The minimum Gasteiger partial charge on any atom is -0.486 e. The molecule has 2 rings (SSSR count). The normalized spacial score (nSPS) is 10.2. The number of nitrogens with zero attached hydrogens (tertiary/aromatic N) is 1. The largest absolute Gasteiger partial charge is 0.486 e. The first-order valence-electron chi connectivity index (χ1n) is 5.05. The highest BCUT2D eigenvalue weighted by molar-refractivity contribution is 5.89. The second-order valence-corrected chi connectivity index (χ2v) is 3.47. The number of aromatic carboxylic acids is 1. The fourth-order valence-corrected chi connectivity index (χ4v) is 1.45. The summed E-state index contributed by atoms with van der Waals surface area (Å²) >= 11 is 0. The molecule has 0 saturated carbocycles. The Hall–Kier alpha value is -2.30. The molecule has 0 spiro atoms. The summed E-state index contributed by atoms with van der Waals surface area (Å²) in [5.74, 6) is -0.188. The first-order valence-corrected chi connectivity index (χ1v) is 5.05. The quantitative estimate of drug-likeness (QED) is 0.876. The summed E-state index contributed by atoms with van der Waals surface area (Å²) in [4.78, 5) is 11.0. The van der Waals surface area contributed by atoms with Crippen LogP contribution in [0.5, 0.6) is 5.75 Å². The van der Waals surface area contributed by atoms with Gasteiger partial charge < -0.3 is 14.4 Å². The van der Waals surface area contributed by atoms with Crippen LogP contribution in [-0.4, -0.2) is 16.2 Å². The monoisotopic (exact) mass is 233 g/mol. The molecule has 0 saturated heterocycles. The van der Waals surface area contributed by atoms with Gasteiger partial charge in [0.15, 0.2) is 5.76 Å². The van der Waals surface area contributed by atoms with E-state index in [4.69, 9.17) is 14.4 Å². The van der Waals surface area contributed by atoms with Gasteiger partial charge in [0, 0.05) is 0 Å². The number of hydrogen-bond donors (Lipinski definition) is 1. The molecule has 5 heteroatoms. The predicted octanol–water partition coefficient (Wildman–Crippen LogP) is 2.26. The van der Waals surface area contributed by atoms with Crippen molar-refractivity contribution in [2.75, 3.05) is 0 Å². The van der Waals surface area contributed by atoms with Gasteiger partial charge in [0.1, 0.15) is 17.9 Å². The summed E-state index contributed by atoms with van der Waals surface area (Å²) in [5.41, 5.74) is 0.421. The molecule has 1 heterocycles. The van der Waals surface area contributed by atoms with Crippen LogP contribution in [0.1, 0.15) is 21.8 Å². The Bertz CT molecular complexity index is 519. The van der Waals surface area contributed by atoms with Gasteiger partial charge in [-0.2, -0.15) is 0 Å². The molecule has 1 aromatic carbocycles. The molecule has 0 aliphatic heterocycles. The van der Waals surface area contributed by atoms with E-state index in [2.05, 4.69) is 5.16 Å². The van der Waals surface area contributed by atoms with Gasteiger partial charge >= 0.3 is 5.97 Å². The molecule has 17 heavy (non-hydrogen) atoms. The number of benzene rings is 1. The van der Waals surface area contributed by atoms with E-state index in [0.29, 0.717) is 11.4 Å². The molecular formula is C12H11NO4. The number of para-hydroxylation sites is 1. The lowest BCUT2D eigenvalue weighted by molar-refractivity contribution is 0.0691. The lowest BCUT2D eigenvalue weighted by Gasteiger charge is -2.03. The van der Waals surface area contributed by atoms with E-state index < -0.39 is 5.97 Å². The number of aromatic nitrogens is 1. The standard InChI is InChI=1S/C12H11NO4/c1-8-11(12(14)15)10(17-13-8)7-16-9-5-3-2-4-6-9/h2-6H,7H2,1H3,(H,14,15). The third-order valence-corrected chi connectivity index (χ3v) is 2.26. The average molecular weight is 233 g/mol. The molecule has 0 amide bonds. The number of carboxylic acids is 1. The van der Waals surface area contributed by atoms with Gasteiger partial charge in [0.05, 0.1) is 5.69 Å². The van der Waals surface area contributed by atoms with Crippen molar-refractivity contribution in [2.45, 2.75) is 13.5 Å². The molecule has 2 aromatic rings. The van der Waals surface area contributed by atoms with E-state index in [1.807, 2.05) is 18.2 Å². The SMILES string of the molecule is Cc1noc(COc2ccccc2)c1C(=O)O. The van der Waals surface area contributed by atoms with Crippen molar-refractivity contribution < 1.29 is 19.2 Å². The summed E-state index contributed by atoms with van der Waals surface area (Å²) in [6.07, 6.45) is 0. The van der Waals surface area contributed by atoms with E-state index in [9.17, 15) is 4.79 Å². The minimum absolute atomic E-state index is 0.0481. The number of ether oxygens (including phenoxy) is 1. The number of hydrogen-bond acceptors (Lipinski definition) is 4. The van der Waals surface area contributed by atoms with Crippen LogP contribution in [0, 0.1) is 6.92 Å². The molecule has 0 bridgehead atoms. The maximum absolute atomic E-state index is 11.0. The van der Waals surface area contributed by atoms with Gasteiger partial charge in [-0.05, 0) is 19.1 Å². The lowest BCUT2D eigenvalue weighted by atomic mass is 10.2. The molecular weight excluding hydrogens is 222 g/mol. The lowest BCUT2D eigenvalue weighted by Crippen LogP contribution is -2.04. The number of carboxylic acid groups (broad SMARTS) is 1. The van der Waals surface area contributed by atoms with Crippen molar-refractivity contribution in [3.8, 4) is 5.75 Å². The number of aryl methyl sites for hydroxylation is 1. The van der Waals surface area contributed by atoms with Crippen molar-refractivity contribution in [3.63, 3.8) is 0 Å². The highest BCUT2D eigenvalue weighted by Gasteiger charge is 2.19. The molecule has 0 aliphatic carbocycles. The number of rotatable bonds is 4. The van der Waals surface area contributed by atoms with Crippen molar-refractivity contribution in [1.82, 2.24) is 5.16 Å². The van der Waals surface area contributed by atoms with Crippen molar-refractivity contribution in [1.29, 1.82) is 0 Å². The third-order valence-electron chi connectivity index (χ3n) is 2.26. The Morgan fingerprint density at radius 3 is 2.76 bits per heavy atom. The third kappa shape index (κ3) is 2.44. The smallest absolute Gasteiger partial charge is 0.341 e. The summed E-state index contributed by atoms with van der Waals surface area (Å²) in [6.45, 7) is 1.63. The van der Waals surface area contributed by atoms with E-state index in [1.165, 1.54) is 0 Å². The maximum Gasteiger partial charge on any atom is 0.341 e. The second kappa shape index (κ2) is 4.69. The zero-order chi connectivity index (χ0) is 12.3. The van der Waals surface area contributed by atoms with Crippen molar-refractivity contribution in [3.05, 3.63) is 47.3 Å². The van der Waals surface area contributed by atoms with E-state index in [1.54, 1.807) is 19.1 Å². The average Bonchev–Trinajstić information content (AvgIpc) is 2.69. The fraction of sp³-hybridized carbons (Fsp3) is 0.167. The Kier molecular flexibility index (Phi) is 3.09. The van der Waals surface area contributed by atoms with Gasteiger partial charge in [0.25, 0.3) is 0 Å². The van der Waals surface area contributed by atoms with Gasteiger partial charge in [-0.25, -0.2) is 4.79 Å². The Morgan fingerprint density at radius 1 is 1.41 bits per heavy atom. The van der Waals surface area contributed by atoms with Gasteiger partial charge in [-0.3, -0.25) is 0 Å². The second-order valence-electron chi connectivity index (χ2n) is 3.47. The molecule has 0 aliphatic rings. The summed E-state index contributed by atoms with van der Waals surface area (Å²) in [5, 5.41) is 12.6. The van der Waals surface area contributed by atoms with Crippen LogP contribution in [0.15, 0.2) is 34.9 Å². The topological polar surface area (TPSA) is 72.6 Å². The van der Waals surface area contributed by atoms with Crippen LogP contribution in [0.2, 0.25) is 0 Å². The highest BCUT2D eigenvalue weighted by atomic mass is 16.5. The van der Waals surface area contributed by atoms with Crippen molar-refractivity contribution in [2.24, 2.45) is 0 Å². The van der Waals surface area contributed by atoms with E-state index >= 15 is 0 Å². The minimum atomic E-state index is -1.06. The van der Waals surface area contributed by atoms with Crippen LogP contribution in [0.25, 0.3) is 0 Å². The zero-order valence-corrected chi connectivity index (χ0v) is 9.21. The van der Waals surface area contributed by atoms with E-state index in [0.717, 1.165) is 0 Å². The van der Waals surface area contributed by atoms with Crippen LogP contribution < -0.4 is 4.74 Å². The number of carbonyl (C=O) groups is 1. The molecule has 5 nitrogen and oxygen atoms in total. The van der Waals surface area contributed by atoms with Gasteiger partial charge in [-0.1, -0.05) is 23.4 Å². The zero-order valence-electron chi connectivity index (χ0n) is 9.21. The van der Waals surface area contributed by atoms with Gasteiger partial charge in [0.2, 0.25) is 0 Å². The summed E-state index contributed by atoms with van der Waals surface area (Å²) in [7, 11) is 0. The molecule has 1 N–H and O–H groups in total. The van der Waals surface area contributed by atoms with Gasteiger partial charge in [-0.15, -0.1) is 0 Å². The van der Waals surface area contributed by atoms with Crippen LogP contribution in [0.4, 0.5) is 0 Å². The van der Waals surface area contributed by atoms with E-state index in [-0.39, 0.29) is 17.9 Å². The fourth-order valence-electron chi connectivity index (χ4n) is 1.45. The highest BCUT2D eigenvalue weighted by Crippen LogP contribution is 2.17. The predicted molar refractivity (Wildman–Crippen MR) is 59.0 cm³/mol. The van der Waals surface area contributed by atoms with Crippen LogP contribution in [0.3, 0.4) is 0 Å².